The Morgan fingerprint density at radius 2 is 2.00 bits per heavy atom. The Balaban J connectivity index is 3.99. The molecular weight excluding hydrogens is 212 g/mol. The first-order chi connectivity index (χ1) is 4.88. The second-order valence-corrected chi connectivity index (χ2v) is 4.01. The molecule has 0 aromatic carbocycles. The van der Waals surface area contributed by atoms with Gasteiger partial charge in [-0.05, 0) is 0 Å². The van der Waals surface area contributed by atoms with Crippen LogP contribution in [0.4, 0.5) is 0 Å². The summed E-state index contributed by atoms with van der Waals surface area (Å²) in [7, 11) is 1.20. The minimum Gasteiger partial charge on any atom is -0.469 e. The molecule has 0 bridgehead atoms. The monoisotopic (exact) mass is 217 g/mol. The average Bonchev–Trinajstić information content (AvgIpc) is 1.85. The van der Waals surface area contributed by atoms with Crippen molar-refractivity contribution in [1.29, 1.82) is 5.41 Å². The van der Waals surface area contributed by atoms with Crippen LogP contribution in [0.3, 0.4) is 0 Å². The largest absolute Gasteiger partial charge is 0.469 e. The van der Waals surface area contributed by atoms with Crippen molar-refractivity contribution in [2.75, 3.05) is 7.11 Å². The molecular formula is C5H6Cl3NO2. The third-order valence-electron chi connectivity index (χ3n) is 0.891. The third-order valence-corrected chi connectivity index (χ3v) is 1.58. The first kappa shape index (κ1) is 11.0. The highest BCUT2D eigenvalue weighted by Gasteiger charge is 2.28. The zero-order chi connectivity index (χ0) is 9.07. The van der Waals surface area contributed by atoms with Gasteiger partial charge in [-0.1, -0.05) is 34.8 Å². The summed E-state index contributed by atoms with van der Waals surface area (Å²) < 4.78 is 2.45. The van der Waals surface area contributed by atoms with E-state index in [-0.39, 0.29) is 12.1 Å². The molecule has 3 nitrogen and oxygen atoms in total. The van der Waals surface area contributed by atoms with Crippen molar-refractivity contribution in [3.8, 4) is 0 Å². The number of nitrogens with one attached hydrogen (secondary N) is 1. The Morgan fingerprint density at radius 1 is 1.55 bits per heavy atom. The minimum absolute atomic E-state index is 0.297. The molecule has 0 amide bonds. The number of alkyl halides is 3. The van der Waals surface area contributed by atoms with Gasteiger partial charge in [-0.2, -0.15) is 0 Å². The molecule has 0 radical (unpaired) electrons. The van der Waals surface area contributed by atoms with Crippen molar-refractivity contribution in [2.45, 2.75) is 10.2 Å². The number of carbonyl (C=O) groups is 1. The van der Waals surface area contributed by atoms with Gasteiger partial charge in [-0.15, -0.1) is 0 Å². The van der Waals surface area contributed by atoms with Crippen LogP contribution in [-0.4, -0.2) is 22.6 Å². The lowest BCUT2D eigenvalue weighted by Gasteiger charge is -2.10. The van der Waals surface area contributed by atoms with Crippen molar-refractivity contribution in [3.05, 3.63) is 0 Å². The lowest BCUT2D eigenvalue weighted by atomic mass is 10.3. The number of ether oxygens (including phenoxy) is 1. The molecule has 0 unspecified atom stereocenters. The Bertz CT molecular complexity index is 175. The Labute approximate surface area is 79.1 Å². The molecule has 0 fully saturated rings. The Morgan fingerprint density at radius 3 is 2.27 bits per heavy atom. The van der Waals surface area contributed by atoms with E-state index in [9.17, 15) is 4.79 Å². The predicted molar refractivity (Wildman–Crippen MR) is 44.6 cm³/mol. The standard InChI is InChI=1S/C5H6Cl3NO2/c1-11-4(10)2-3(9)5(6,7)8/h9H,2H2,1H3. The molecule has 0 aliphatic carbocycles. The first-order valence-electron chi connectivity index (χ1n) is 2.59. The summed E-state index contributed by atoms with van der Waals surface area (Å²) in [5, 5.41) is 7.08. The smallest absolute Gasteiger partial charge is 0.311 e. The number of esters is 1. The summed E-state index contributed by atoms with van der Waals surface area (Å²) >= 11 is 15.8. The molecule has 0 saturated carbocycles. The number of carbonyl (C=O) groups excluding carboxylic acids is 1. The SMILES string of the molecule is COC(=O)CC(=N)C(Cl)(Cl)Cl. The van der Waals surface area contributed by atoms with E-state index in [1.54, 1.807) is 0 Å². The Kier molecular flexibility index (Phi) is 4.14. The molecule has 0 atom stereocenters. The van der Waals surface area contributed by atoms with E-state index in [1.165, 1.54) is 7.11 Å². The molecule has 0 aliphatic rings. The van der Waals surface area contributed by atoms with Crippen LogP contribution in [0.1, 0.15) is 6.42 Å². The fraction of sp³-hybridized carbons (Fsp3) is 0.600. The molecule has 0 spiro atoms. The maximum Gasteiger partial charge on any atom is 0.311 e. The van der Waals surface area contributed by atoms with Crippen LogP contribution in [-0.2, 0) is 9.53 Å². The van der Waals surface area contributed by atoms with Crippen LogP contribution < -0.4 is 0 Å². The van der Waals surface area contributed by atoms with Gasteiger partial charge >= 0.3 is 5.97 Å². The van der Waals surface area contributed by atoms with Crippen LogP contribution in [0.2, 0.25) is 0 Å². The molecule has 11 heavy (non-hydrogen) atoms. The quantitative estimate of drug-likeness (QED) is 0.437. The molecule has 0 heterocycles. The van der Waals surface area contributed by atoms with E-state index >= 15 is 0 Å². The van der Waals surface area contributed by atoms with E-state index in [1.807, 2.05) is 0 Å². The van der Waals surface area contributed by atoms with Gasteiger partial charge < -0.3 is 10.1 Å². The number of methoxy groups -OCH3 is 1. The molecule has 0 aromatic heterocycles. The average molecular weight is 218 g/mol. The lowest BCUT2D eigenvalue weighted by molar-refractivity contribution is -0.139. The van der Waals surface area contributed by atoms with E-state index < -0.39 is 9.76 Å². The number of rotatable bonds is 2. The molecule has 0 saturated heterocycles. The lowest BCUT2D eigenvalue weighted by Crippen LogP contribution is -2.21. The zero-order valence-electron chi connectivity index (χ0n) is 5.66. The molecule has 0 rings (SSSR count). The highest BCUT2D eigenvalue weighted by molar-refractivity contribution is 6.76. The molecule has 6 heteroatoms. The van der Waals surface area contributed by atoms with Crippen LogP contribution in [0, 0.1) is 5.41 Å². The summed E-state index contributed by atoms with van der Waals surface area (Å²) in [6, 6.07) is 0. The summed E-state index contributed by atoms with van der Waals surface area (Å²) in [5.41, 5.74) is -0.297. The summed E-state index contributed by atoms with van der Waals surface area (Å²) in [6.45, 7) is 0. The van der Waals surface area contributed by atoms with Crippen LogP contribution in [0.15, 0.2) is 0 Å². The van der Waals surface area contributed by atoms with Crippen LogP contribution >= 0.6 is 34.8 Å². The second-order valence-electron chi connectivity index (χ2n) is 1.73. The number of hydrogen-bond acceptors (Lipinski definition) is 3. The van der Waals surface area contributed by atoms with Gasteiger partial charge in [0, 0.05) is 0 Å². The van der Waals surface area contributed by atoms with Gasteiger partial charge in [-0.3, -0.25) is 4.79 Å². The summed E-state index contributed by atoms with van der Waals surface area (Å²) in [4.78, 5) is 10.5. The molecule has 0 aliphatic heterocycles. The minimum atomic E-state index is -1.81. The Hall–Kier alpha value is 0.01000. The van der Waals surface area contributed by atoms with Crippen LogP contribution in [0.5, 0.6) is 0 Å². The van der Waals surface area contributed by atoms with Gasteiger partial charge in [0.15, 0.2) is 0 Å². The zero-order valence-corrected chi connectivity index (χ0v) is 7.93. The van der Waals surface area contributed by atoms with Gasteiger partial charge in [0.25, 0.3) is 0 Å². The van der Waals surface area contributed by atoms with Crippen molar-refractivity contribution >= 4 is 46.5 Å². The third kappa shape index (κ3) is 4.45. The topological polar surface area (TPSA) is 50.2 Å². The van der Waals surface area contributed by atoms with Crippen LogP contribution in [0.25, 0.3) is 0 Å². The predicted octanol–water partition coefficient (Wildman–Crippen LogP) is 1.94. The van der Waals surface area contributed by atoms with Gasteiger partial charge in [0.1, 0.15) is 0 Å². The van der Waals surface area contributed by atoms with Crippen molar-refractivity contribution < 1.29 is 9.53 Å². The molecule has 0 aromatic rings. The maximum absolute atomic E-state index is 10.5. The van der Waals surface area contributed by atoms with Gasteiger partial charge in [0.05, 0.1) is 19.2 Å². The fourth-order valence-electron chi connectivity index (χ4n) is 0.317. The molecule has 1 N–H and O–H groups in total. The van der Waals surface area contributed by atoms with E-state index in [0.717, 1.165) is 0 Å². The van der Waals surface area contributed by atoms with Crippen molar-refractivity contribution in [2.24, 2.45) is 0 Å². The number of hydrogen-bond donors (Lipinski definition) is 1. The highest BCUT2D eigenvalue weighted by Crippen LogP contribution is 2.28. The molecule has 64 valence electrons. The normalized spacial score (nSPS) is 10.9. The second kappa shape index (κ2) is 4.14. The van der Waals surface area contributed by atoms with Gasteiger partial charge in [-0.25, -0.2) is 0 Å². The number of halogens is 3. The fourth-order valence-corrected chi connectivity index (χ4v) is 0.517. The summed E-state index contributed by atoms with van der Waals surface area (Å²) in [5.74, 6) is -0.596. The highest BCUT2D eigenvalue weighted by atomic mass is 35.6. The maximum atomic E-state index is 10.5. The summed E-state index contributed by atoms with van der Waals surface area (Å²) in [6.07, 6.45) is -0.299. The van der Waals surface area contributed by atoms with Gasteiger partial charge in [0.2, 0.25) is 3.79 Å². The van der Waals surface area contributed by atoms with E-state index in [0.29, 0.717) is 0 Å². The first-order valence-corrected chi connectivity index (χ1v) is 3.72. The van der Waals surface area contributed by atoms with Crippen molar-refractivity contribution in [1.82, 2.24) is 0 Å². The van der Waals surface area contributed by atoms with E-state index in [4.69, 9.17) is 40.2 Å². The van der Waals surface area contributed by atoms with E-state index in [2.05, 4.69) is 4.74 Å². The van der Waals surface area contributed by atoms with Crippen molar-refractivity contribution in [3.63, 3.8) is 0 Å².